The highest BCUT2D eigenvalue weighted by Gasteiger charge is 2.03. The fourth-order valence-electron chi connectivity index (χ4n) is 1.66. The predicted octanol–water partition coefficient (Wildman–Crippen LogP) is 4.30. The van der Waals surface area contributed by atoms with Crippen molar-refractivity contribution in [2.75, 3.05) is 0 Å². The number of halogens is 2. The van der Waals surface area contributed by atoms with Crippen LogP contribution in [0.4, 0.5) is 4.39 Å². The molecule has 0 bridgehead atoms. The molecular weight excluding hydrogens is 303 g/mol. The van der Waals surface area contributed by atoms with Crippen molar-refractivity contribution >= 4 is 29.3 Å². The van der Waals surface area contributed by atoms with Crippen LogP contribution < -0.4 is 5.43 Å². The van der Waals surface area contributed by atoms with Crippen LogP contribution in [-0.2, 0) is 0 Å². The van der Waals surface area contributed by atoms with Crippen molar-refractivity contribution in [3.63, 3.8) is 0 Å². The summed E-state index contributed by atoms with van der Waals surface area (Å²) in [5.74, 6) is -0.646. The van der Waals surface area contributed by atoms with Gasteiger partial charge < -0.3 is 0 Å². The summed E-state index contributed by atoms with van der Waals surface area (Å²) in [4.78, 5) is 11.8. The largest absolute Gasteiger partial charge is 0.271 e. The molecule has 0 aliphatic carbocycles. The van der Waals surface area contributed by atoms with Crippen LogP contribution in [0.25, 0.3) is 6.08 Å². The Balaban J connectivity index is 1.99. The number of nitrogens with zero attached hydrogens (tertiary/aromatic N) is 1. The van der Waals surface area contributed by atoms with Gasteiger partial charge in [-0.25, -0.2) is 9.82 Å². The molecule has 0 fully saturated rings. The summed E-state index contributed by atoms with van der Waals surface area (Å²) in [5, 5.41) is 4.50. The molecule has 5 heteroatoms. The van der Waals surface area contributed by atoms with E-state index in [-0.39, 0.29) is 11.7 Å². The highest BCUT2D eigenvalue weighted by Crippen LogP contribution is 2.10. The molecule has 2 aromatic rings. The van der Waals surface area contributed by atoms with Crippen LogP contribution in [0.15, 0.2) is 59.7 Å². The Morgan fingerprint density at radius 2 is 1.86 bits per heavy atom. The standard InChI is InChI=1S/C17H14ClFN2O/c1-12(6-7-13-4-2-3-5-16(13)19)20-21-17(22)14-8-10-15(18)11-9-14/h2-11H,1H3,(H,21,22)/b7-6+,20-12?. The first-order valence-corrected chi connectivity index (χ1v) is 6.97. The average Bonchev–Trinajstić information content (AvgIpc) is 2.52. The summed E-state index contributed by atoms with van der Waals surface area (Å²) in [6.45, 7) is 1.71. The van der Waals surface area contributed by atoms with Gasteiger partial charge in [0.2, 0.25) is 0 Å². The maximum absolute atomic E-state index is 13.4. The molecule has 2 rings (SSSR count). The Kier molecular flexibility index (Phi) is 5.44. The Hall–Kier alpha value is -2.46. The second-order valence-corrected chi connectivity index (χ2v) is 4.99. The Morgan fingerprint density at radius 1 is 1.18 bits per heavy atom. The highest BCUT2D eigenvalue weighted by atomic mass is 35.5. The van der Waals surface area contributed by atoms with Crippen molar-refractivity contribution in [1.29, 1.82) is 0 Å². The van der Waals surface area contributed by atoms with Crippen molar-refractivity contribution in [2.24, 2.45) is 5.10 Å². The maximum Gasteiger partial charge on any atom is 0.271 e. The molecule has 0 spiro atoms. The molecule has 1 N–H and O–H groups in total. The molecule has 2 aromatic carbocycles. The van der Waals surface area contributed by atoms with E-state index in [4.69, 9.17) is 11.6 Å². The molecule has 22 heavy (non-hydrogen) atoms. The van der Waals surface area contributed by atoms with E-state index in [2.05, 4.69) is 10.5 Å². The number of carbonyl (C=O) groups excluding carboxylic acids is 1. The van der Waals surface area contributed by atoms with Gasteiger partial charge in [0.1, 0.15) is 5.82 Å². The molecule has 0 atom stereocenters. The Labute approximate surface area is 133 Å². The SMILES string of the molecule is CC(/C=C/c1ccccc1F)=NNC(=O)c1ccc(Cl)cc1. The zero-order valence-corrected chi connectivity index (χ0v) is 12.6. The number of hydrogen-bond acceptors (Lipinski definition) is 2. The van der Waals surface area contributed by atoms with Gasteiger partial charge in [-0.15, -0.1) is 0 Å². The summed E-state index contributed by atoms with van der Waals surface area (Å²) in [6, 6.07) is 12.9. The number of nitrogens with one attached hydrogen (secondary N) is 1. The van der Waals surface area contributed by atoms with Crippen LogP contribution in [0.5, 0.6) is 0 Å². The third-order valence-corrected chi connectivity index (χ3v) is 3.10. The maximum atomic E-state index is 13.4. The summed E-state index contributed by atoms with van der Waals surface area (Å²) in [7, 11) is 0. The van der Waals surface area contributed by atoms with Gasteiger partial charge >= 0.3 is 0 Å². The summed E-state index contributed by atoms with van der Waals surface area (Å²) in [5.41, 5.74) is 3.89. The van der Waals surface area contributed by atoms with Crippen LogP contribution in [-0.4, -0.2) is 11.6 Å². The zero-order chi connectivity index (χ0) is 15.9. The lowest BCUT2D eigenvalue weighted by atomic mass is 10.2. The Bertz CT molecular complexity index is 724. The van der Waals surface area contributed by atoms with Gasteiger partial charge in [-0.2, -0.15) is 5.10 Å². The number of rotatable bonds is 4. The fourth-order valence-corrected chi connectivity index (χ4v) is 1.79. The van der Waals surface area contributed by atoms with Gasteiger partial charge in [0, 0.05) is 16.1 Å². The molecule has 0 saturated carbocycles. The quantitative estimate of drug-likeness (QED) is 0.663. The number of amides is 1. The predicted molar refractivity (Wildman–Crippen MR) is 87.5 cm³/mol. The third kappa shape index (κ3) is 4.53. The molecule has 1 amide bonds. The number of carbonyl (C=O) groups is 1. The minimum atomic E-state index is -0.338. The molecule has 0 heterocycles. The topological polar surface area (TPSA) is 41.5 Å². The molecule has 0 aliphatic rings. The van der Waals surface area contributed by atoms with Crippen LogP contribution in [0, 0.1) is 5.82 Å². The lowest BCUT2D eigenvalue weighted by Gasteiger charge is -2.01. The van der Waals surface area contributed by atoms with Gasteiger partial charge in [-0.05, 0) is 43.3 Å². The van der Waals surface area contributed by atoms with Crippen LogP contribution >= 0.6 is 11.6 Å². The van der Waals surface area contributed by atoms with Gasteiger partial charge in [0.25, 0.3) is 5.91 Å². The third-order valence-electron chi connectivity index (χ3n) is 2.85. The smallest absolute Gasteiger partial charge is 0.267 e. The molecule has 0 aromatic heterocycles. The number of benzene rings is 2. The average molecular weight is 317 g/mol. The van der Waals surface area contributed by atoms with Crippen molar-refractivity contribution in [3.05, 3.63) is 76.6 Å². The molecular formula is C17H14ClFN2O. The fraction of sp³-hybridized carbons (Fsp3) is 0.0588. The minimum Gasteiger partial charge on any atom is -0.267 e. The van der Waals surface area contributed by atoms with Crippen LogP contribution in [0.3, 0.4) is 0 Å². The monoisotopic (exact) mass is 316 g/mol. The van der Waals surface area contributed by atoms with Crippen molar-refractivity contribution < 1.29 is 9.18 Å². The van der Waals surface area contributed by atoms with E-state index in [9.17, 15) is 9.18 Å². The second kappa shape index (κ2) is 7.52. The highest BCUT2D eigenvalue weighted by molar-refractivity contribution is 6.30. The van der Waals surface area contributed by atoms with E-state index in [0.29, 0.717) is 21.9 Å². The minimum absolute atomic E-state index is 0.309. The van der Waals surface area contributed by atoms with E-state index in [0.717, 1.165) is 0 Å². The van der Waals surface area contributed by atoms with E-state index < -0.39 is 0 Å². The zero-order valence-electron chi connectivity index (χ0n) is 11.9. The summed E-state index contributed by atoms with van der Waals surface area (Å²) in [6.07, 6.45) is 3.23. The van der Waals surface area contributed by atoms with Crippen LogP contribution in [0.2, 0.25) is 5.02 Å². The molecule has 0 saturated heterocycles. The molecule has 0 radical (unpaired) electrons. The molecule has 3 nitrogen and oxygen atoms in total. The lowest BCUT2D eigenvalue weighted by Crippen LogP contribution is -2.18. The second-order valence-electron chi connectivity index (χ2n) is 4.56. The number of hydrogen-bond donors (Lipinski definition) is 1. The number of allylic oxidation sites excluding steroid dienone is 1. The number of hydrazone groups is 1. The molecule has 0 aliphatic heterocycles. The first-order valence-electron chi connectivity index (χ1n) is 6.59. The van der Waals surface area contributed by atoms with E-state index >= 15 is 0 Å². The lowest BCUT2D eigenvalue weighted by molar-refractivity contribution is 0.0955. The van der Waals surface area contributed by atoms with Gasteiger partial charge in [-0.3, -0.25) is 4.79 Å². The normalized spacial score (nSPS) is 11.7. The van der Waals surface area contributed by atoms with Gasteiger partial charge in [0.15, 0.2) is 0 Å². The van der Waals surface area contributed by atoms with Crippen molar-refractivity contribution in [1.82, 2.24) is 5.43 Å². The first kappa shape index (κ1) is 15.9. The Morgan fingerprint density at radius 3 is 2.55 bits per heavy atom. The van der Waals surface area contributed by atoms with Gasteiger partial charge in [-0.1, -0.05) is 35.9 Å². The van der Waals surface area contributed by atoms with Crippen molar-refractivity contribution in [3.8, 4) is 0 Å². The van der Waals surface area contributed by atoms with E-state index in [1.165, 1.54) is 6.07 Å². The first-order chi connectivity index (χ1) is 10.6. The van der Waals surface area contributed by atoms with Gasteiger partial charge in [0.05, 0.1) is 5.71 Å². The molecule has 0 unspecified atom stereocenters. The summed E-state index contributed by atoms with van der Waals surface area (Å²) < 4.78 is 13.4. The summed E-state index contributed by atoms with van der Waals surface area (Å²) >= 11 is 5.76. The van der Waals surface area contributed by atoms with Crippen molar-refractivity contribution in [2.45, 2.75) is 6.92 Å². The van der Waals surface area contributed by atoms with Crippen LogP contribution in [0.1, 0.15) is 22.8 Å². The molecule has 112 valence electrons. The van der Waals surface area contributed by atoms with E-state index in [1.807, 2.05) is 0 Å². The van der Waals surface area contributed by atoms with E-state index in [1.54, 1.807) is 61.5 Å².